The van der Waals surface area contributed by atoms with Crippen molar-refractivity contribution in [1.82, 2.24) is 9.29 Å². The number of hydrogen-bond donors (Lipinski definition) is 0. The zero-order valence-corrected chi connectivity index (χ0v) is 17.3. The minimum Gasteiger partial charge on any atom is -0.354 e. The highest BCUT2D eigenvalue weighted by atomic mass is 32.2. The maximum atomic E-state index is 13.3. The predicted octanol–water partition coefficient (Wildman–Crippen LogP) is 4.28. The smallest absolute Gasteiger partial charge is 0.354 e. The Hall–Kier alpha value is -2.91. The standard InChI is InChI=1S/C22H20F3N3O2S/c23-22(24,25)18-10-11-21(26-16-18)27-12-14-28(15-13-27)31(29,30)20-9-5-4-8-19(20)17-6-2-1-3-7-17/h1-11,16H,12-15H2. The summed E-state index contributed by atoms with van der Waals surface area (Å²) in [6.45, 7) is 1.11. The van der Waals surface area contributed by atoms with E-state index in [9.17, 15) is 21.6 Å². The molecule has 1 saturated heterocycles. The van der Waals surface area contributed by atoms with Crippen LogP contribution in [0.4, 0.5) is 19.0 Å². The molecule has 3 aromatic rings. The first-order chi connectivity index (χ1) is 14.8. The Morgan fingerprint density at radius 3 is 2.06 bits per heavy atom. The Balaban J connectivity index is 1.52. The Labute approximate surface area is 178 Å². The van der Waals surface area contributed by atoms with Crippen molar-refractivity contribution >= 4 is 15.8 Å². The van der Waals surface area contributed by atoms with Gasteiger partial charge in [0.25, 0.3) is 0 Å². The van der Waals surface area contributed by atoms with E-state index in [0.29, 0.717) is 24.5 Å². The number of piperazine rings is 1. The second-order valence-electron chi connectivity index (χ2n) is 7.16. The highest BCUT2D eigenvalue weighted by Crippen LogP contribution is 2.31. The number of pyridine rings is 1. The summed E-state index contributed by atoms with van der Waals surface area (Å²) in [7, 11) is -3.74. The first-order valence-electron chi connectivity index (χ1n) is 9.69. The summed E-state index contributed by atoms with van der Waals surface area (Å²) in [4.78, 5) is 5.93. The Morgan fingerprint density at radius 1 is 0.806 bits per heavy atom. The molecular formula is C22H20F3N3O2S. The predicted molar refractivity (Wildman–Crippen MR) is 112 cm³/mol. The van der Waals surface area contributed by atoms with E-state index in [1.807, 2.05) is 30.3 Å². The quantitative estimate of drug-likeness (QED) is 0.599. The molecule has 9 heteroatoms. The van der Waals surface area contributed by atoms with Gasteiger partial charge in [0, 0.05) is 37.9 Å². The van der Waals surface area contributed by atoms with E-state index in [-0.39, 0.29) is 18.0 Å². The van der Waals surface area contributed by atoms with Crippen molar-refractivity contribution in [3.05, 3.63) is 78.5 Å². The van der Waals surface area contributed by atoms with Gasteiger partial charge in [-0.3, -0.25) is 0 Å². The largest absolute Gasteiger partial charge is 0.417 e. The molecule has 5 nitrogen and oxygen atoms in total. The van der Waals surface area contributed by atoms with E-state index in [1.165, 1.54) is 10.4 Å². The van der Waals surface area contributed by atoms with Crippen LogP contribution in [0.5, 0.6) is 0 Å². The SMILES string of the molecule is O=S(=O)(c1ccccc1-c1ccccc1)N1CCN(c2ccc(C(F)(F)F)cn2)CC1. The lowest BCUT2D eigenvalue weighted by Crippen LogP contribution is -2.49. The molecule has 0 unspecified atom stereocenters. The van der Waals surface area contributed by atoms with E-state index in [0.717, 1.165) is 17.8 Å². The number of benzene rings is 2. The first-order valence-corrected chi connectivity index (χ1v) is 11.1. The van der Waals surface area contributed by atoms with Crippen LogP contribution in [0.15, 0.2) is 77.8 Å². The number of rotatable bonds is 4. The Morgan fingerprint density at radius 2 is 1.45 bits per heavy atom. The molecule has 1 aromatic heterocycles. The molecule has 4 rings (SSSR count). The average Bonchev–Trinajstić information content (AvgIpc) is 2.79. The summed E-state index contributed by atoms with van der Waals surface area (Å²) in [5, 5.41) is 0. The molecule has 0 amide bonds. The molecule has 0 bridgehead atoms. The molecular weight excluding hydrogens is 427 g/mol. The fourth-order valence-electron chi connectivity index (χ4n) is 3.59. The van der Waals surface area contributed by atoms with Crippen LogP contribution in [-0.2, 0) is 16.2 Å². The van der Waals surface area contributed by atoms with Gasteiger partial charge in [0.1, 0.15) is 5.82 Å². The molecule has 0 spiro atoms. The average molecular weight is 447 g/mol. The molecule has 2 heterocycles. The molecule has 1 aliphatic rings. The van der Waals surface area contributed by atoms with E-state index >= 15 is 0 Å². The van der Waals surface area contributed by atoms with Crippen LogP contribution in [0.2, 0.25) is 0 Å². The molecule has 0 N–H and O–H groups in total. The van der Waals surface area contributed by atoms with Gasteiger partial charge in [-0.2, -0.15) is 17.5 Å². The molecule has 2 aromatic carbocycles. The second-order valence-corrected chi connectivity index (χ2v) is 9.06. The molecule has 162 valence electrons. The zero-order valence-electron chi connectivity index (χ0n) is 16.5. The van der Waals surface area contributed by atoms with Crippen molar-refractivity contribution in [2.24, 2.45) is 0 Å². The van der Waals surface area contributed by atoms with Crippen molar-refractivity contribution < 1.29 is 21.6 Å². The van der Waals surface area contributed by atoms with E-state index in [4.69, 9.17) is 0 Å². The highest BCUT2D eigenvalue weighted by Gasteiger charge is 2.32. The minimum atomic E-state index is -4.44. The fourth-order valence-corrected chi connectivity index (χ4v) is 5.22. The highest BCUT2D eigenvalue weighted by molar-refractivity contribution is 7.89. The maximum Gasteiger partial charge on any atom is 0.417 e. The van der Waals surface area contributed by atoms with Crippen LogP contribution in [0.1, 0.15) is 5.56 Å². The van der Waals surface area contributed by atoms with Gasteiger partial charge in [-0.05, 0) is 23.8 Å². The van der Waals surface area contributed by atoms with E-state index in [1.54, 1.807) is 29.2 Å². The monoisotopic (exact) mass is 447 g/mol. The summed E-state index contributed by atoms with van der Waals surface area (Å²) in [5.74, 6) is 0.398. The second kappa shape index (κ2) is 8.32. The van der Waals surface area contributed by atoms with E-state index in [2.05, 4.69) is 4.98 Å². The van der Waals surface area contributed by atoms with Crippen LogP contribution in [0.3, 0.4) is 0 Å². The van der Waals surface area contributed by atoms with Crippen LogP contribution in [0, 0.1) is 0 Å². The van der Waals surface area contributed by atoms with Crippen molar-refractivity contribution in [3.8, 4) is 11.1 Å². The molecule has 0 aliphatic carbocycles. The van der Waals surface area contributed by atoms with Crippen molar-refractivity contribution in [2.75, 3.05) is 31.1 Å². The zero-order chi connectivity index (χ0) is 22.1. The van der Waals surface area contributed by atoms with Crippen LogP contribution < -0.4 is 4.90 Å². The summed E-state index contributed by atoms with van der Waals surface area (Å²) in [6.07, 6.45) is -3.64. The van der Waals surface area contributed by atoms with Crippen LogP contribution >= 0.6 is 0 Å². The van der Waals surface area contributed by atoms with Crippen LogP contribution in [0.25, 0.3) is 11.1 Å². The first kappa shape index (κ1) is 21.3. The lowest BCUT2D eigenvalue weighted by molar-refractivity contribution is -0.137. The van der Waals surface area contributed by atoms with Crippen molar-refractivity contribution in [3.63, 3.8) is 0 Å². The Kier molecular flexibility index (Phi) is 5.72. The minimum absolute atomic E-state index is 0.216. The number of aromatic nitrogens is 1. The molecule has 1 fully saturated rings. The number of anilines is 1. The third-order valence-corrected chi connectivity index (χ3v) is 7.18. The van der Waals surface area contributed by atoms with Gasteiger partial charge >= 0.3 is 6.18 Å². The summed E-state index contributed by atoms with van der Waals surface area (Å²) in [6, 6.07) is 18.5. The number of hydrogen-bond acceptors (Lipinski definition) is 4. The third-order valence-electron chi connectivity index (χ3n) is 5.23. The number of sulfonamides is 1. The lowest BCUT2D eigenvalue weighted by Gasteiger charge is -2.35. The van der Waals surface area contributed by atoms with Gasteiger partial charge < -0.3 is 4.90 Å². The third kappa shape index (κ3) is 4.42. The van der Waals surface area contributed by atoms with Crippen molar-refractivity contribution in [2.45, 2.75) is 11.1 Å². The molecule has 0 radical (unpaired) electrons. The molecule has 0 saturated carbocycles. The van der Waals surface area contributed by atoms with Gasteiger partial charge in [-0.25, -0.2) is 13.4 Å². The summed E-state index contributed by atoms with van der Waals surface area (Å²) < 4.78 is 66.3. The lowest BCUT2D eigenvalue weighted by atomic mass is 10.1. The van der Waals surface area contributed by atoms with Gasteiger partial charge in [0.15, 0.2) is 0 Å². The topological polar surface area (TPSA) is 53.5 Å². The number of nitrogens with zero attached hydrogens (tertiary/aromatic N) is 3. The molecule has 31 heavy (non-hydrogen) atoms. The summed E-state index contributed by atoms with van der Waals surface area (Å²) in [5.41, 5.74) is 0.638. The molecule has 1 aliphatic heterocycles. The maximum absolute atomic E-state index is 13.3. The van der Waals surface area contributed by atoms with Gasteiger partial charge in [0.05, 0.1) is 10.5 Å². The van der Waals surface area contributed by atoms with Gasteiger partial charge in [-0.15, -0.1) is 0 Å². The van der Waals surface area contributed by atoms with Crippen LogP contribution in [-0.4, -0.2) is 43.9 Å². The number of halogens is 3. The Bertz CT molecular complexity index is 1140. The van der Waals surface area contributed by atoms with Gasteiger partial charge in [0.2, 0.25) is 10.0 Å². The van der Waals surface area contributed by atoms with E-state index < -0.39 is 21.8 Å². The number of alkyl halides is 3. The van der Waals surface area contributed by atoms with Crippen molar-refractivity contribution in [1.29, 1.82) is 0 Å². The molecule has 0 atom stereocenters. The fraction of sp³-hybridized carbons (Fsp3) is 0.227. The summed E-state index contributed by atoms with van der Waals surface area (Å²) >= 11 is 0. The normalized spacial score (nSPS) is 15.8. The van der Waals surface area contributed by atoms with Gasteiger partial charge in [-0.1, -0.05) is 48.5 Å².